The number of nitrogens with one attached hydrogen (secondary N) is 2. The zero-order valence-electron chi connectivity index (χ0n) is 16.3. The molecule has 1 heterocycles. The molecule has 7 nitrogen and oxygen atoms in total. The molecule has 0 radical (unpaired) electrons. The summed E-state index contributed by atoms with van der Waals surface area (Å²) < 4.78 is 33.8. The lowest BCUT2D eigenvalue weighted by Gasteiger charge is -2.36. The maximum atomic E-state index is 12.6. The molecule has 1 amide bonds. The van der Waals surface area contributed by atoms with E-state index in [2.05, 4.69) is 10.0 Å². The number of carbonyl (C=O) groups is 1. The van der Waals surface area contributed by atoms with Crippen molar-refractivity contribution in [3.05, 3.63) is 29.8 Å². The highest BCUT2D eigenvalue weighted by Gasteiger charge is 2.34. The quantitative estimate of drug-likeness (QED) is 0.602. The maximum absolute atomic E-state index is 12.6. The van der Waals surface area contributed by atoms with Crippen LogP contribution in [0.25, 0.3) is 0 Å². The van der Waals surface area contributed by atoms with Crippen LogP contribution in [0, 0.1) is 12.8 Å². The number of sulfonamides is 1. The number of hydrogen-bond donors (Lipinski definition) is 3. The lowest BCUT2D eigenvalue weighted by molar-refractivity contribution is -0.127. The Morgan fingerprint density at radius 1 is 1.18 bits per heavy atom. The molecule has 1 aliphatic carbocycles. The van der Waals surface area contributed by atoms with E-state index < -0.39 is 22.2 Å². The Labute approximate surface area is 166 Å². The minimum absolute atomic E-state index is 0.0982. The summed E-state index contributed by atoms with van der Waals surface area (Å²) in [5, 5.41) is 12.6. The van der Waals surface area contributed by atoms with Crippen molar-refractivity contribution in [1.29, 1.82) is 0 Å². The Morgan fingerprint density at radius 2 is 1.89 bits per heavy atom. The fourth-order valence-corrected chi connectivity index (χ4v) is 4.93. The molecule has 0 bridgehead atoms. The lowest BCUT2D eigenvalue weighted by atomic mass is 9.85. The van der Waals surface area contributed by atoms with Crippen LogP contribution in [0.15, 0.2) is 29.2 Å². The highest BCUT2D eigenvalue weighted by molar-refractivity contribution is 7.89. The molecule has 3 atom stereocenters. The highest BCUT2D eigenvalue weighted by atomic mass is 32.2. The first kappa shape index (κ1) is 21.2. The van der Waals surface area contributed by atoms with Crippen LogP contribution >= 0.6 is 0 Å². The van der Waals surface area contributed by atoms with Gasteiger partial charge in [-0.15, -0.1) is 0 Å². The molecule has 1 aliphatic heterocycles. The maximum Gasteiger partial charge on any atom is 0.240 e. The number of carbonyl (C=O) groups excluding carboxylic acids is 1. The number of ether oxygens (including phenoxy) is 1. The number of aliphatic hydroxyl groups is 1. The molecule has 1 aromatic rings. The molecule has 8 heteroatoms. The molecule has 0 spiro atoms. The van der Waals surface area contributed by atoms with Crippen molar-refractivity contribution in [1.82, 2.24) is 10.0 Å². The third-order valence-electron chi connectivity index (χ3n) is 5.67. The summed E-state index contributed by atoms with van der Waals surface area (Å²) in [6.07, 6.45) is 4.30. The fraction of sp³-hybridized carbons (Fsp3) is 0.650. The van der Waals surface area contributed by atoms with Gasteiger partial charge in [0.05, 0.1) is 29.8 Å². The Balaban J connectivity index is 1.49. The molecule has 2 aliphatic rings. The standard InChI is InChI=1S/C20H30N2O5S/c1-14-5-8-17(9-6-14)28(25,26)22-18-10-7-16(27-19(18)13-23)11-12-21-20(24)15-3-2-4-15/h5-6,8-9,15-16,18-19,22-23H,2-4,7,10-13H2,1H3,(H,21,24)/t16-,18+,19-/m0/s1. The van der Waals surface area contributed by atoms with Crippen molar-refractivity contribution >= 4 is 15.9 Å². The molecule has 2 fully saturated rings. The van der Waals surface area contributed by atoms with Crippen LogP contribution in [0.5, 0.6) is 0 Å². The van der Waals surface area contributed by atoms with Crippen molar-refractivity contribution in [2.24, 2.45) is 5.92 Å². The van der Waals surface area contributed by atoms with E-state index in [4.69, 9.17) is 4.74 Å². The molecule has 0 unspecified atom stereocenters. The topological polar surface area (TPSA) is 105 Å². The van der Waals surface area contributed by atoms with Crippen molar-refractivity contribution < 1.29 is 23.1 Å². The number of benzene rings is 1. The number of rotatable bonds is 8. The molecule has 0 aromatic heterocycles. The van der Waals surface area contributed by atoms with Gasteiger partial charge in [0.1, 0.15) is 0 Å². The second-order valence-corrected chi connectivity index (χ2v) is 9.52. The number of aliphatic hydroxyl groups excluding tert-OH is 1. The van der Waals surface area contributed by atoms with E-state index in [0.29, 0.717) is 25.8 Å². The van der Waals surface area contributed by atoms with E-state index in [1.807, 2.05) is 6.92 Å². The van der Waals surface area contributed by atoms with Gasteiger partial charge in [-0.05, 0) is 51.2 Å². The van der Waals surface area contributed by atoms with E-state index in [9.17, 15) is 18.3 Å². The molecule has 1 saturated heterocycles. The van der Waals surface area contributed by atoms with Gasteiger partial charge in [0.15, 0.2) is 0 Å². The third kappa shape index (κ3) is 5.31. The van der Waals surface area contributed by atoms with Crippen molar-refractivity contribution in [2.45, 2.75) is 68.6 Å². The zero-order chi connectivity index (χ0) is 20.1. The first-order valence-electron chi connectivity index (χ1n) is 10.0. The van der Waals surface area contributed by atoms with Crippen molar-refractivity contribution in [3.8, 4) is 0 Å². The van der Waals surface area contributed by atoms with Gasteiger partial charge in [-0.3, -0.25) is 4.79 Å². The largest absolute Gasteiger partial charge is 0.394 e. The predicted octanol–water partition coefficient (Wildman–Crippen LogP) is 1.49. The monoisotopic (exact) mass is 410 g/mol. The Hall–Kier alpha value is -1.48. The molecule has 3 rings (SSSR count). The second kappa shape index (κ2) is 9.35. The molecule has 28 heavy (non-hydrogen) atoms. The molecule has 1 saturated carbocycles. The summed E-state index contributed by atoms with van der Waals surface area (Å²) in [7, 11) is -3.67. The number of amides is 1. The van der Waals surface area contributed by atoms with Gasteiger partial charge in [-0.1, -0.05) is 24.1 Å². The second-order valence-electron chi connectivity index (χ2n) is 7.80. The van der Waals surface area contributed by atoms with E-state index >= 15 is 0 Å². The summed E-state index contributed by atoms with van der Waals surface area (Å²) >= 11 is 0. The summed E-state index contributed by atoms with van der Waals surface area (Å²) in [4.78, 5) is 12.1. The zero-order valence-corrected chi connectivity index (χ0v) is 17.1. The summed E-state index contributed by atoms with van der Waals surface area (Å²) in [5.74, 6) is 0.280. The Morgan fingerprint density at radius 3 is 2.50 bits per heavy atom. The van der Waals surface area contributed by atoms with Gasteiger partial charge in [0.2, 0.25) is 15.9 Å². The highest BCUT2D eigenvalue weighted by Crippen LogP contribution is 2.26. The van der Waals surface area contributed by atoms with Crippen LogP contribution in [-0.2, 0) is 19.6 Å². The molecule has 156 valence electrons. The van der Waals surface area contributed by atoms with Gasteiger partial charge >= 0.3 is 0 Å². The predicted molar refractivity (Wildman–Crippen MR) is 105 cm³/mol. The van der Waals surface area contributed by atoms with Crippen LogP contribution in [0.1, 0.15) is 44.1 Å². The first-order chi connectivity index (χ1) is 13.4. The van der Waals surface area contributed by atoms with Crippen molar-refractivity contribution in [3.63, 3.8) is 0 Å². The van der Waals surface area contributed by atoms with Crippen LogP contribution in [0.4, 0.5) is 0 Å². The van der Waals surface area contributed by atoms with Crippen LogP contribution < -0.4 is 10.0 Å². The van der Waals surface area contributed by atoms with E-state index in [1.165, 1.54) is 0 Å². The normalized spacial score (nSPS) is 25.9. The van der Waals surface area contributed by atoms with Gasteiger partial charge in [-0.2, -0.15) is 0 Å². The molecular formula is C20H30N2O5S. The minimum Gasteiger partial charge on any atom is -0.394 e. The molecule has 3 N–H and O–H groups in total. The first-order valence-corrected chi connectivity index (χ1v) is 11.5. The van der Waals surface area contributed by atoms with E-state index in [1.54, 1.807) is 24.3 Å². The van der Waals surface area contributed by atoms with Gasteiger partial charge in [-0.25, -0.2) is 13.1 Å². The van der Waals surface area contributed by atoms with Crippen LogP contribution in [0.3, 0.4) is 0 Å². The van der Waals surface area contributed by atoms with Crippen LogP contribution in [-0.4, -0.2) is 50.8 Å². The van der Waals surface area contributed by atoms with Gasteiger partial charge in [0.25, 0.3) is 0 Å². The third-order valence-corrected chi connectivity index (χ3v) is 7.18. The van der Waals surface area contributed by atoms with Gasteiger partial charge < -0.3 is 15.2 Å². The molecular weight excluding hydrogens is 380 g/mol. The smallest absolute Gasteiger partial charge is 0.240 e. The van der Waals surface area contributed by atoms with Crippen LogP contribution in [0.2, 0.25) is 0 Å². The Kier molecular flexibility index (Phi) is 7.09. The Bertz CT molecular complexity index is 761. The lowest BCUT2D eigenvalue weighted by Crippen LogP contribution is -2.51. The minimum atomic E-state index is -3.67. The van der Waals surface area contributed by atoms with Crippen molar-refractivity contribution in [2.75, 3.05) is 13.2 Å². The van der Waals surface area contributed by atoms with E-state index in [-0.39, 0.29) is 29.4 Å². The number of aryl methyl sites for hydroxylation is 1. The fourth-order valence-electron chi connectivity index (χ4n) is 3.63. The molecule has 1 aromatic carbocycles. The van der Waals surface area contributed by atoms with Gasteiger partial charge in [0, 0.05) is 12.5 Å². The van der Waals surface area contributed by atoms with E-state index in [0.717, 1.165) is 24.8 Å². The summed E-state index contributed by atoms with van der Waals surface area (Å²) in [6, 6.07) is 6.18. The SMILES string of the molecule is Cc1ccc(S(=O)(=O)N[C@@H]2CC[C@@H](CCNC(=O)C3CCC3)O[C@H]2CO)cc1. The average Bonchev–Trinajstić information content (AvgIpc) is 2.61. The number of hydrogen-bond acceptors (Lipinski definition) is 5. The summed E-state index contributed by atoms with van der Waals surface area (Å²) in [6.45, 7) is 2.18. The average molecular weight is 411 g/mol. The summed E-state index contributed by atoms with van der Waals surface area (Å²) in [5.41, 5.74) is 0.987.